The molecule has 0 aliphatic carbocycles. The van der Waals surface area contributed by atoms with Gasteiger partial charge in [0.25, 0.3) is 0 Å². The first-order chi connectivity index (χ1) is 6.77. The zero-order valence-corrected chi connectivity index (χ0v) is 9.38. The van der Waals surface area contributed by atoms with E-state index in [2.05, 4.69) is 29.2 Å². The minimum absolute atomic E-state index is 0.959. The molecule has 0 unspecified atom stereocenters. The molecule has 0 amide bonds. The Balaban J connectivity index is 2.49. The lowest BCUT2D eigenvalue weighted by molar-refractivity contribution is 0.646. The van der Waals surface area contributed by atoms with Gasteiger partial charge < -0.3 is 5.32 Å². The molecule has 1 heterocycles. The second-order valence-electron chi connectivity index (χ2n) is 3.42. The molecule has 0 fully saturated rings. The average molecular weight is 196 g/mol. The van der Waals surface area contributed by atoms with Crippen LogP contribution in [0.25, 0.3) is 0 Å². The standard InChI is InChI=1S/C10H20N4/c1-4-6-9-12-10(14(3)13-9)7-8-11-5-2/h11H,4-8H2,1-3H3. The molecule has 4 nitrogen and oxygen atoms in total. The lowest BCUT2D eigenvalue weighted by Gasteiger charge is -1.99. The van der Waals surface area contributed by atoms with Crippen molar-refractivity contribution >= 4 is 0 Å². The van der Waals surface area contributed by atoms with Gasteiger partial charge in [0.05, 0.1) is 0 Å². The van der Waals surface area contributed by atoms with E-state index in [-0.39, 0.29) is 0 Å². The summed E-state index contributed by atoms with van der Waals surface area (Å²) in [6.07, 6.45) is 3.05. The molecular formula is C10H20N4. The van der Waals surface area contributed by atoms with Crippen LogP contribution in [0.5, 0.6) is 0 Å². The quantitative estimate of drug-likeness (QED) is 0.688. The Bertz CT molecular complexity index is 267. The fourth-order valence-electron chi connectivity index (χ4n) is 1.40. The summed E-state index contributed by atoms with van der Waals surface area (Å²) in [7, 11) is 1.97. The zero-order chi connectivity index (χ0) is 10.4. The van der Waals surface area contributed by atoms with Gasteiger partial charge in [-0.25, -0.2) is 4.98 Å². The van der Waals surface area contributed by atoms with Gasteiger partial charge in [-0.1, -0.05) is 13.8 Å². The van der Waals surface area contributed by atoms with Crippen molar-refractivity contribution in [1.82, 2.24) is 20.1 Å². The largest absolute Gasteiger partial charge is 0.317 e. The van der Waals surface area contributed by atoms with Crippen molar-refractivity contribution in [2.45, 2.75) is 33.1 Å². The van der Waals surface area contributed by atoms with Crippen LogP contribution >= 0.6 is 0 Å². The van der Waals surface area contributed by atoms with Crippen LogP contribution in [0.3, 0.4) is 0 Å². The lowest BCUT2D eigenvalue weighted by atomic mass is 10.3. The average Bonchev–Trinajstić information content (AvgIpc) is 2.48. The Morgan fingerprint density at radius 2 is 2.07 bits per heavy atom. The maximum atomic E-state index is 4.48. The van der Waals surface area contributed by atoms with Crippen molar-refractivity contribution in [2.24, 2.45) is 7.05 Å². The molecule has 1 rings (SSSR count). The highest BCUT2D eigenvalue weighted by Crippen LogP contribution is 1.99. The van der Waals surface area contributed by atoms with Crippen molar-refractivity contribution in [1.29, 1.82) is 0 Å². The van der Waals surface area contributed by atoms with E-state index in [1.165, 1.54) is 0 Å². The predicted octanol–water partition coefficient (Wildman–Crippen LogP) is 0.920. The Kier molecular flexibility index (Phi) is 4.59. The zero-order valence-electron chi connectivity index (χ0n) is 9.38. The number of nitrogens with zero attached hydrogens (tertiary/aromatic N) is 3. The molecule has 0 spiro atoms. The number of nitrogens with one attached hydrogen (secondary N) is 1. The number of aryl methyl sites for hydroxylation is 2. The van der Waals surface area contributed by atoms with Crippen LogP contribution in [-0.4, -0.2) is 27.9 Å². The Morgan fingerprint density at radius 1 is 1.29 bits per heavy atom. The summed E-state index contributed by atoms with van der Waals surface area (Å²) in [5, 5.41) is 7.64. The van der Waals surface area contributed by atoms with Crippen LogP contribution in [0.1, 0.15) is 31.9 Å². The van der Waals surface area contributed by atoms with E-state index in [1.807, 2.05) is 11.7 Å². The maximum absolute atomic E-state index is 4.48. The number of hydrogen-bond acceptors (Lipinski definition) is 3. The fraction of sp³-hybridized carbons (Fsp3) is 0.800. The van der Waals surface area contributed by atoms with E-state index < -0.39 is 0 Å². The SMILES string of the molecule is CCCc1nc(CCNCC)n(C)n1. The topological polar surface area (TPSA) is 42.7 Å². The summed E-state index contributed by atoms with van der Waals surface area (Å²) in [4.78, 5) is 4.48. The van der Waals surface area contributed by atoms with Crippen molar-refractivity contribution < 1.29 is 0 Å². The molecule has 0 saturated heterocycles. The van der Waals surface area contributed by atoms with Crippen LogP contribution in [0.4, 0.5) is 0 Å². The van der Waals surface area contributed by atoms with Gasteiger partial charge in [-0.3, -0.25) is 4.68 Å². The highest BCUT2D eigenvalue weighted by molar-refractivity contribution is 4.93. The molecule has 1 aromatic rings. The summed E-state index contributed by atoms with van der Waals surface area (Å²) < 4.78 is 1.89. The van der Waals surface area contributed by atoms with E-state index in [0.29, 0.717) is 0 Å². The van der Waals surface area contributed by atoms with E-state index in [9.17, 15) is 0 Å². The minimum Gasteiger partial charge on any atom is -0.317 e. The molecule has 0 saturated carbocycles. The van der Waals surface area contributed by atoms with Gasteiger partial charge in [0, 0.05) is 26.4 Å². The molecule has 14 heavy (non-hydrogen) atoms. The van der Waals surface area contributed by atoms with Gasteiger partial charge in [0.1, 0.15) is 5.82 Å². The minimum atomic E-state index is 0.959. The van der Waals surface area contributed by atoms with E-state index >= 15 is 0 Å². The normalized spacial score (nSPS) is 10.8. The molecule has 1 N–H and O–H groups in total. The summed E-state index contributed by atoms with van der Waals surface area (Å²) in [5.74, 6) is 2.05. The van der Waals surface area contributed by atoms with Gasteiger partial charge in [-0.15, -0.1) is 0 Å². The number of likely N-dealkylation sites (N-methyl/N-ethyl adjacent to an activating group) is 1. The van der Waals surface area contributed by atoms with Crippen molar-refractivity contribution in [2.75, 3.05) is 13.1 Å². The fourth-order valence-corrected chi connectivity index (χ4v) is 1.40. The van der Waals surface area contributed by atoms with Crippen LogP contribution in [0.15, 0.2) is 0 Å². The van der Waals surface area contributed by atoms with Crippen LogP contribution in [0, 0.1) is 0 Å². The highest BCUT2D eigenvalue weighted by Gasteiger charge is 2.05. The first kappa shape index (κ1) is 11.2. The molecule has 4 heteroatoms. The molecular weight excluding hydrogens is 176 g/mol. The molecule has 0 radical (unpaired) electrons. The molecule has 0 aliphatic rings. The summed E-state index contributed by atoms with van der Waals surface area (Å²) in [6, 6.07) is 0. The second-order valence-corrected chi connectivity index (χ2v) is 3.42. The molecule has 0 aliphatic heterocycles. The third kappa shape index (κ3) is 3.10. The molecule has 0 atom stereocenters. The predicted molar refractivity (Wildman–Crippen MR) is 57.2 cm³/mol. The second kappa shape index (κ2) is 5.75. The third-order valence-electron chi connectivity index (χ3n) is 2.15. The molecule has 0 aromatic carbocycles. The van der Waals surface area contributed by atoms with Crippen molar-refractivity contribution in [3.63, 3.8) is 0 Å². The maximum Gasteiger partial charge on any atom is 0.150 e. The highest BCUT2D eigenvalue weighted by atomic mass is 15.3. The number of rotatable bonds is 6. The number of hydrogen-bond donors (Lipinski definition) is 1. The van der Waals surface area contributed by atoms with E-state index in [4.69, 9.17) is 0 Å². The molecule has 1 aromatic heterocycles. The Hall–Kier alpha value is -0.900. The molecule has 0 bridgehead atoms. The third-order valence-corrected chi connectivity index (χ3v) is 2.15. The Morgan fingerprint density at radius 3 is 2.71 bits per heavy atom. The Labute approximate surface area is 85.7 Å². The van der Waals surface area contributed by atoms with E-state index in [1.54, 1.807) is 0 Å². The van der Waals surface area contributed by atoms with Gasteiger partial charge in [0.2, 0.25) is 0 Å². The van der Waals surface area contributed by atoms with E-state index in [0.717, 1.165) is 44.0 Å². The lowest BCUT2D eigenvalue weighted by Crippen LogP contribution is -2.17. The van der Waals surface area contributed by atoms with Gasteiger partial charge in [0.15, 0.2) is 5.82 Å². The van der Waals surface area contributed by atoms with Gasteiger partial charge in [-0.05, 0) is 13.0 Å². The van der Waals surface area contributed by atoms with Gasteiger partial charge >= 0.3 is 0 Å². The van der Waals surface area contributed by atoms with Crippen molar-refractivity contribution in [3.8, 4) is 0 Å². The summed E-state index contributed by atoms with van der Waals surface area (Å²) in [5.41, 5.74) is 0. The van der Waals surface area contributed by atoms with Crippen molar-refractivity contribution in [3.05, 3.63) is 11.6 Å². The van der Waals surface area contributed by atoms with Crippen LogP contribution in [-0.2, 0) is 19.9 Å². The van der Waals surface area contributed by atoms with Gasteiger partial charge in [-0.2, -0.15) is 5.10 Å². The summed E-state index contributed by atoms with van der Waals surface area (Å²) >= 11 is 0. The first-order valence-corrected chi connectivity index (χ1v) is 5.37. The van der Waals surface area contributed by atoms with Crippen LogP contribution in [0.2, 0.25) is 0 Å². The first-order valence-electron chi connectivity index (χ1n) is 5.37. The molecule has 80 valence electrons. The monoisotopic (exact) mass is 196 g/mol. The number of aromatic nitrogens is 3. The van der Waals surface area contributed by atoms with Crippen LogP contribution < -0.4 is 5.32 Å². The summed E-state index contributed by atoms with van der Waals surface area (Å²) in [6.45, 7) is 6.25. The smallest absolute Gasteiger partial charge is 0.150 e.